The monoisotopic (exact) mass is 312 g/mol. The molecule has 1 aromatic heterocycles. The molecule has 0 aliphatic carbocycles. The van der Waals surface area contributed by atoms with E-state index >= 15 is 0 Å². The molecule has 1 heterocycles. The Labute approximate surface area is 128 Å². The third-order valence-corrected chi connectivity index (χ3v) is 3.74. The molecule has 0 aliphatic heterocycles. The van der Waals surface area contributed by atoms with E-state index in [2.05, 4.69) is 5.10 Å². The summed E-state index contributed by atoms with van der Waals surface area (Å²) in [6.45, 7) is 3.69. The van der Waals surface area contributed by atoms with Gasteiger partial charge >= 0.3 is 0 Å². The standard InChI is InChI=1S/C15H18ClFN2O2/c1-4-13-15(16)14(19(3)18-13)8-21-10-5-6-11(9(2)20)12(17)7-10/h5-7,9,20H,4,8H2,1-3H3/t9-/m0/s1. The Kier molecular flexibility index (Phi) is 4.85. The average Bonchev–Trinajstić information content (AvgIpc) is 2.71. The largest absolute Gasteiger partial charge is 0.487 e. The summed E-state index contributed by atoms with van der Waals surface area (Å²) in [6.07, 6.45) is -0.109. The molecule has 0 unspecified atom stereocenters. The summed E-state index contributed by atoms with van der Waals surface area (Å²) in [6, 6.07) is 4.39. The second kappa shape index (κ2) is 6.45. The second-order valence-corrected chi connectivity index (χ2v) is 5.21. The Morgan fingerprint density at radius 1 is 1.48 bits per heavy atom. The number of aliphatic hydroxyl groups excluding tert-OH is 1. The van der Waals surface area contributed by atoms with Crippen LogP contribution in [0.1, 0.15) is 36.9 Å². The van der Waals surface area contributed by atoms with Gasteiger partial charge in [-0.1, -0.05) is 18.5 Å². The van der Waals surface area contributed by atoms with Gasteiger partial charge in [0.15, 0.2) is 0 Å². The molecule has 21 heavy (non-hydrogen) atoms. The van der Waals surface area contributed by atoms with Gasteiger partial charge in [0.2, 0.25) is 0 Å². The minimum atomic E-state index is -0.849. The predicted octanol–water partition coefficient (Wildman–Crippen LogP) is 3.41. The van der Waals surface area contributed by atoms with Crippen LogP contribution >= 0.6 is 11.6 Å². The highest BCUT2D eigenvalue weighted by molar-refractivity contribution is 6.31. The number of nitrogens with zero attached hydrogens (tertiary/aromatic N) is 2. The van der Waals surface area contributed by atoms with Gasteiger partial charge in [0.25, 0.3) is 0 Å². The maximum Gasteiger partial charge on any atom is 0.132 e. The molecule has 0 spiro atoms. The fourth-order valence-electron chi connectivity index (χ4n) is 2.06. The molecule has 1 atom stereocenters. The van der Waals surface area contributed by atoms with Crippen LogP contribution in [0.4, 0.5) is 4.39 Å². The summed E-state index contributed by atoms with van der Waals surface area (Å²) in [4.78, 5) is 0. The zero-order valence-electron chi connectivity index (χ0n) is 12.2. The van der Waals surface area contributed by atoms with Gasteiger partial charge in [-0.25, -0.2) is 4.39 Å². The van der Waals surface area contributed by atoms with Gasteiger partial charge in [-0.15, -0.1) is 0 Å². The number of aromatic nitrogens is 2. The molecule has 0 aliphatic rings. The van der Waals surface area contributed by atoms with E-state index in [1.165, 1.54) is 19.1 Å². The van der Waals surface area contributed by atoms with Crippen molar-refractivity contribution in [2.24, 2.45) is 7.05 Å². The first-order chi connectivity index (χ1) is 9.93. The van der Waals surface area contributed by atoms with Crippen molar-refractivity contribution in [3.8, 4) is 5.75 Å². The molecule has 0 bridgehead atoms. The molecule has 2 rings (SSSR count). The number of halogens is 2. The molecule has 1 N–H and O–H groups in total. The van der Waals surface area contributed by atoms with Gasteiger partial charge in [0, 0.05) is 18.7 Å². The SMILES string of the molecule is CCc1nn(C)c(COc2ccc([C@H](C)O)c(F)c2)c1Cl. The number of hydrogen-bond donors (Lipinski definition) is 1. The quantitative estimate of drug-likeness (QED) is 0.920. The van der Waals surface area contributed by atoms with Gasteiger partial charge in [-0.3, -0.25) is 4.68 Å². The Balaban J connectivity index is 2.13. The lowest BCUT2D eigenvalue weighted by molar-refractivity contribution is 0.193. The molecule has 1 aromatic carbocycles. The molecule has 6 heteroatoms. The summed E-state index contributed by atoms with van der Waals surface area (Å²) in [5, 5.41) is 14.3. The van der Waals surface area contributed by atoms with Crippen molar-refractivity contribution in [1.29, 1.82) is 0 Å². The molecular formula is C15H18ClFN2O2. The summed E-state index contributed by atoms with van der Waals surface area (Å²) in [5.41, 5.74) is 1.80. The van der Waals surface area contributed by atoms with Gasteiger partial charge in [0.1, 0.15) is 18.2 Å². The van der Waals surface area contributed by atoms with Crippen LogP contribution in [0.5, 0.6) is 5.75 Å². The molecule has 0 saturated carbocycles. The normalized spacial score (nSPS) is 12.5. The molecule has 114 valence electrons. The van der Waals surface area contributed by atoms with Crippen LogP contribution in [0.2, 0.25) is 5.02 Å². The van der Waals surface area contributed by atoms with Crippen LogP contribution in [-0.4, -0.2) is 14.9 Å². The Hall–Kier alpha value is -1.59. The fraction of sp³-hybridized carbons (Fsp3) is 0.400. The van der Waals surface area contributed by atoms with Crippen LogP contribution in [0.3, 0.4) is 0 Å². The van der Waals surface area contributed by atoms with Gasteiger partial charge in [-0.05, 0) is 25.5 Å². The Bertz CT molecular complexity index is 641. The molecule has 0 saturated heterocycles. The van der Waals surface area contributed by atoms with Crippen LogP contribution < -0.4 is 4.74 Å². The molecular weight excluding hydrogens is 295 g/mol. The van der Waals surface area contributed by atoms with E-state index < -0.39 is 11.9 Å². The lowest BCUT2D eigenvalue weighted by atomic mass is 10.1. The van der Waals surface area contributed by atoms with E-state index in [0.717, 1.165) is 17.8 Å². The van der Waals surface area contributed by atoms with Crippen LogP contribution in [-0.2, 0) is 20.1 Å². The zero-order valence-corrected chi connectivity index (χ0v) is 13.0. The van der Waals surface area contributed by atoms with E-state index in [4.69, 9.17) is 16.3 Å². The second-order valence-electron chi connectivity index (χ2n) is 4.83. The Morgan fingerprint density at radius 2 is 2.19 bits per heavy atom. The van der Waals surface area contributed by atoms with Crippen molar-refractivity contribution in [2.75, 3.05) is 0 Å². The van der Waals surface area contributed by atoms with E-state index in [-0.39, 0.29) is 12.2 Å². The molecule has 0 fully saturated rings. The first kappa shape index (κ1) is 15.8. The van der Waals surface area contributed by atoms with Crippen LogP contribution in [0.15, 0.2) is 18.2 Å². The summed E-state index contributed by atoms with van der Waals surface area (Å²) >= 11 is 6.22. The zero-order chi connectivity index (χ0) is 15.6. The maximum atomic E-state index is 13.8. The van der Waals surface area contributed by atoms with Gasteiger partial charge in [-0.2, -0.15) is 5.10 Å². The third kappa shape index (κ3) is 3.36. The van der Waals surface area contributed by atoms with Crippen molar-refractivity contribution >= 4 is 11.6 Å². The predicted molar refractivity (Wildman–Crippen MR) is 79.0 cm³/mol. The average molecular weight is 313 g/mol. The molecule has 0 amide bonds. The lowest BCUT2D eigenvalue weighted by Gasteiger charge is -2.10. The van der Waals surface area contributed by atoms with Crippen molar-refractivity contribution in [1.82, 2.24) is 9.78 Å². The maximum absolute atomic E-state index is 13.8. The topological polar surface area (TPSA) is 47.3 Å². The summed E-state index contributed by atoms with van der Waals surface area (Å²) in [5.74, 6) is -0.111. The van der Waals surface area contributed by atoms with Gasteiger partial charge in [0.05, 0.1) is 22.5 Å². The number of rotatable bonds is 5. The highest BCUT2D eigenvalue weighted by Gasteiger charge is 2.14. The lowest BCUT2D eigenvalue weighted by Crippen LogP contribution is -2.04. The molecule has 0 radical (unpaired) electrons. The molecule has 2 aromatic rings. The minimum absolute atomic E-state index is 0.204. The first-order valence-corrected chi connectivity index (χ1v) is 7.12. The number of aliphatic hydroxyl groups is 1. The van der Waals surface area contributed by atoms with Gasteiger partial charge < -0.3 is 9.84 Å². The third-order valence-electron chi connectivity index (χ3n) is 3.30. The van der Waals surface area contributed by atoms with Crippen LogP contribution in [0.25, 0.3) is 0 Å². The van der Waals surface area contributed by atoms with Crippen molar-refractivity contribution in [2.45, 2.75) is 33.0 Å². The van der Waals surface area contributed by atoms with Crippen molar-refractivity contribution in [3.63, 3.8) is 0 Å². The van der Waals surface area contributed by atoms with Crippen molar-refractivity contribution < 1.29 is 14.2 Å². The van der Waals surface area contributed by atoms with Crippen molar-refractivity contribution in [3.05, 3.63) is 46.0 Å². The number of benzene rings is 1. The number of aryl methyl sites for hydroxylation is 2. The fourth-order valence-corrected chi connectivity index (χ4v) is 2.41. The summed E-state index contributed by atoms with van der Waals surface area (Å²) in [7, 11) is 1.79. The van der Waals surface area contributed by atoms with E-state index in [0.29, 0.717) is 10.8 Å². The number of hydrogen-bond acceptors (Lipinski definition) is 3. The minimum Gasteiger partial charge on any atom is -0.487 e. The smallest absolute Gasteiger partial charge is 0.132 e. The van der Waals surface area contributed by atoms with Crippen LogP contribution in [0, 0.1) is 5.82 Å². The molecule has 4 nitrogen and oxygen atoms in total. The van der Waals surface area contributed by atoms with E-state index in [1.54, 1.807) is 17.8 Å². The Morgan fingerprint density at radius 3 is 2.71 bits per heavy atom. The highest BCUT2D eigenvalue weighted by Crippen LogP contribution is 2.25. The first-order valence-electron chi connectivity index (χ1n) is 6.74. The van der Waals surface area contributed by atoms with E-state index in [1.807, 2.05) is 6.92 Å². The summed E-state index contributed by atoms with van der Waals surface area (Å²) < 4.78 is 21.0. The highest BCUT2D eigenvalue weighted by atomic mass is 35.5. The number of ether oxygens (including phenoxy) is 1. The van der Waals surface area contributed by atoms with E-state index in [9.17, 15) is 9.50 Å².